The van der Waals surface area contributed by atoms with E-state index >= 15 is 0 Å². The molecule has 1 atom stereocenters. The molecule has 9 heteroatoms. The first-order valence-electron chi connectivity index (χ1n) is 10.9. The highest BCUT2D eigenvalue weighted by molar-refractivity contribution is 7.90. The Labute approximate surface area is 207 Å². The molecule has 4 aromatic carbocycles. The molecule has 0 saturated carbocycles. The third-order valence-electron chi connectivity index (χ3n) is 5.82. The first-order valence-corrected chi connectivity index (χ1v) is 12.8. The number of carboxylic acid groups (broad SMARTS) is 1. The van der Waals surface area contributed by atoms with Crippen LogP contribution in [0.3, 0.4) is 0 Å². The molecule has 0 aliphatic heterocycles. The standard InChI is InChI=1S/C27H23NO7S/c1-36(34,35)22-10-2-16(3-11-22)15-28-26(31)20-9-8-19-14-24(29)23(13-21(19)12-20)25(30)17-4-6-18(7-5-17)27(32)33/h2-14,25,29-30H,15H2,1H3,(H,28,31)(H,32,33). The molecule has 0 aliphatic rings. The summed E-state index contributed by atoms with van der Waals surface area (Å²) in [7, 11) is -3.30. The summed E-state index contributed by atoms with van der Waals surface area (Å²) in [5, 5.41) is 34.4. The predicted molar refractivity (Wildman–Crippen MR) is 134 cm³/mol. The van der Waals surface area contributed by atoms with E-state index in [2.05, 4.69) is 5.32 Å². The van der Waals surface area contributed by atoms with Crippen molar-refractivity contribution in [3.05, 3.63) is 107 Å². The number of aliphatic hydroxyl groups is 1. The molecule has 0 radical (unpaired) electrons. The van der Waals surface area contributed by atoms with Crippen LogP contribution in [0.1, 0.15) is 43.5 Å². The number of phenols is 1. The Hall–Kier alpha value is -4.21. The van der Waals surface area contributed by atoms with Crippen molar-refractivity contribution in [1.29, 1.82) is 0 Å². The van der Waals surface area contributed by atoms with Crippen LogP contribution in [-0.4, -0.2) is 41.9 Å². The Morgan fingerprint density at radius 3 is 2.11 bits per heavy atom. The van der Waals surface area contributed by atoms with Gasteiger partial charge in [-0.25, -0.2) is 13.2 Å². The number of amides is 1. The van der Waals surface area contributed by atoms with Crippen LogP contribution in [0.5, 0.6) is 5.75 Å². The number of nitrogens with one attached hydrogen (secondary N) is 1. The molecule has 4 aromatic rings. The molecule has 0 spiro atoms. The molecule has 36 heavy (non-hydrogen) atoms. The van der Waals surface area contributed by atoms with Crippen molar-refractivity contribution in [2.24, 2.45) is 0 Å². The highest BCUT2D eigenvalue weighted by Gasteiger charge is 2.17. The van der Waals surface area contributed by atoms with E-state index in [4.69, 9.17) is 5.11 Å². The second-order valence-electron chi connectivity index (χ2n) is 8.40. The number of sulfone groups is 1. The van der Waals surface area contributed by atoms with Crippen molar-refractivity contribution in [2.45, 2.75) is 17.5 Å². The molecule has 0 aliphatic carbocycles. The molecular weight excluding hydrogens is 482 g/mol. The summed E-state index contributed by atoms with van der Waals surface area (Å²) in [6.45, 7) is 0.201. The summed E-state index contributed by atoms with van der Waals surface area (Å²) in [5.41, 5.74) is 1.81. The molecule has 1 unspecified atom stereocenters. The average Bonchev–Trinajstić information content (AvgIpc) is 2.86. The van der Waals surface area contributed by atoms with Gasteiger partial charge in [0, 0.05) is 23.9 Å². The SMILES string of the molecule is CS(=O)(=O)c1ccc(CNC(=O)c2ccc3cc(O)c(C(O)c4ccc(C(=O)O)cc4)cc3c2)cc1. The van der Waals surface area contributed by atoms with Crippen LogP contribution in [0.2, 0.25) is 0 Å². The van der Waals surface area contributed by atoms with Gasteiger partial charge < -0.3 is 20.6 Å². The third kappa shape index (κ3) is 5.37. The number of aromatic carboxylic acids is 1. The molecule has 0 heterocycles. The summed E-state index contributed by atoms with van der Waals surface area (Å²) in [5.74, 6) is -1.56. The number of aliphatic hydroxyl groups excluding tert-OH is 1. The van der Waals surface area contributed by atoms with Gasteiger partial charge in [0.2, 0.25) is 0 Å². The number of phenolic OH excluding ortho intramolecular Hbond substituents is 1. The molecule has 0 aromatic heterocycles. The van der Waals surface area contributed by atoms with E-state index in [1.54, 1.807) is 36.4 Å². The first kappa shape index (κ1) is 24.9. The zero-order valence-electron chi connectivity index (χ0n) is 19.2. The van der Waals surface area contributed by atoms with Crippen LogP contribution in [0, 0.1) is 0 Å². The lowest BCUT2D eigenvalue weighted by molar-refractivity contribution is 0.0696. The molecule has 184 valence electrons. The van der Waals surface area contributed by atoms with Gasteiger partial charge in [-0.3, -0.25) is 4.79 Å². The van der Waals surface area contributed by atoms with Gasteiger partial charge in [0.1, 0.15) is 11.9 Å². The van der Waals surface area contributed by atoms with E-state index in [1.165, 1.54) is 42.5 Å². The molecule has 8 nitrogen and oxygen atoms in total. The van der Waals surface area contributed by atoms with Crippen molar-refractivity contribution in [3.63, 3.8) is 0 Å². The van der Waals surface area contributed by atoms with Gasteiger partial charge in [0.05, 0.1) is 10.5 Å². The molecular formula is C27H23NO7S. The fourth-order valence-electron chi connectivity index (χ4n) is 3.79. The van der Waals surface area contributed by atoms with Gasteiger partial charge in [-0.1, -0.05) is 30.3 Å². The molecule has 4 rings (SSSR count). The van der Waals surface area contributed by atoms with Crippen molar-refractivity contribution < 1.29 is 33.3 Å². The Kier molecular flexibility index (Phi) is 6.78. The summed E-state index contributed by atoms with van der Waals surface area (Å²) in [4.78, 5) is 24.0. The van der Waals surface area contributed by atoms with E-state index in [0.717, 1.165) is 11.8 Å². The van der Waals surface area contributed by atoms with Gasteiger partial charge in [0.25, 0.3) is 5.91 Å². The normalized spacial score (nSPS) is 12.3. The van der Waals surface area contributed by atoms with Crippen molar-refractivity contribution in [1.82, 2.24) is 5.32 Å². The van der Waals surface area contributed by atoms with Gasteiger partial charge in [-0.15, -0.1) is 0 Å². The first-order chi connectivity index (χ1) is 17.0. The maximum atomic E-state index is 12.7. The summed E-state index contributed by atoms with van der Waals surface area (Å²) in [6.07, 6.45) is -0.0764. The highest BCUT2D eigenvalue weighted by Crippen LogP contribution is 2.33. The maximum Gasteiger partial charge on any atom is 0.335 e. The zero-order chi connectivity index (χ0) is 26.0. The third-order valence-corrected chi connectivity index (χ3v) is 6.95. The minimum atomic E-state index is -3.30. The van der Waals surface area contributed by atoms with Crippen LogP contribution in [0.15, 0.2) is 83.8 Å². The van der Waals surface area contributed by atoms with Gasteiger partial charge in [-0.2, -0.15) is 0 Å². The number of carbonyl (C=O) groups is 2. The molecule has 4 N–H and O–H groups in total. The van der Waals surface area contributed by atoms with Crippen LogP contribution in [-0.2, 0) is 16.4 Å². The van der Waals surface area contributed by atoms with Crippen molar-refractivity contribution in [3.8, 4) is 5.75 Å². The molecule has 0 fully saturated rings. The molecule has 1 amide bonds. The minimum absolute atomic E-state index is 0.0793. The monoisotopic (exact) mass is 505 g/mol. The van der Waals surface area contributed by atoms with E-state index in [0.29, 0.717) is 21.9 Å². The van der Waals surface area contributed by atoms with Crippen LogP contribution < -0.4 is 5.32 Å². The van der Waals surface area contributed by atoms with E-state index in [-0.39, 0.29) is 34.2 Å². The lowest BCUT2D eigenvalue weighted by Gasteiger charge is -2.15. The average molecular weight is 506 g/mol. The number of aromatic hydroxyl groups is 1. The second-order valence-corrected chi connectivity index (χ2v) is 10.4. The topological polar surface area (TPSA) is 141 Å². The number of rotatable bonds is 7. The number of benzene rings is 4. The van der Waals surface area contributed by atoms with E-state index in [9.17, 15) is 28.2 Å². The van der Waals surface area contributed by atoms with E-state index < -0.39 is 21.9 Å². The summed E-state index contributed by atoms with van der Waals surface area (Å²) >= 11 is 0. The Morgan fingerprint density at radius 2 is 1.50 bits per heavy atom. The van der Waals surface area contributed by atoms with Gasteiger partial charge in [0.15, 0.2) is 9.84 Å². The summed E-state index contributed by atoms with van der Waals surface area (Å²) < 4.78 is 23.2. The fourth-order valence-corrected chi connectivity index (χ4v) is 4.42. The fraction of sp³-hybridized carbons (Fsp3) is 0.111. The predicted octanol–water partition coefficient (Wildman–Crippen LogP) is 3.66. The lowest BCUT2D eigenvalue weighted by atomic mass is 9.96. The Balaban J connectivity index is 1.54. The molecule has 0 saturated heterocycles. The van der Waals surface area contributed by atoms with Crippen LogP contribution >= 0.6 is 0 Å². The smallest absolute Gasteiger partial charge is 0.335 e. The number of hydrogen-bond acceptors (Lipinski definition) is 6. The van der Waals surface area contributed by atoms with Gasteiger partial charge in [-0.05, 0) is 70.4 Å². The van der Waals surface area contributed by atoms with Crippen LogP contribution in [0.4, 0.5) is 0 Å². The second kappa shape index (κ2) is 9.80. The zero-order valence-corrected chi connectivity index (χ0v) is 20.0. The minimum Gasteiger partial charge on any atom is -0.508 e. The highest BCUT2D eigenvalue weighted by atomic mass is 32.2. The van der Waals surface area contributed by atoms with Crippen molar-refractivity contribution in [2.75, 3.05) is 6.26 Å². The Morgan fingerprint density at radius 1 is 0.861 bits per heavy atom. The van der Waals surface area contributed by atoms with Crippen molar-refractivity contribution >= 4 is 32.5 Å². The quantitative estimate of drug-likeness (QED) is 0.300. The van der Waals surface area contributed by atoms with Gasteiger partial charge >= 0.3 is 5.97 Å². The summed E-state index contributed by atoms with van der Waals surface area (Å²) in [6, 6.07) is 20.0. The lowest BCUT2D eigenvalue weighted by Crippen LogP contribution is -2.22. The maximum absolute atomic E-state index is 12.7. The number of fused-ring (bicyclic) bond motifs is 1. The number of carboxylic acids is 1. The Bertz CT molecular complexity index is 1560. The van der Waals surface area contributed by atoms with E-state index in [1.807, 2.05) is 0 Å². The largest absolute Gasteiger partial charge is 0.508 e. The number of carbonyl (C=O) groups excluding carboxylic acids is 1. The number of hydrogen-bond donors (Lipinski definition) is 4. The molecule has 0 bridgehead atoms. The van der Waals surface area contributed by atoms with Crippen LogP contribution in [0.25, 0.3) is 10.8 Å².